The van der Waals surface area contributed by atoms with Gasteiger partial charge in [0.05, 0.1) is 6.04 Å². The first-order chi connectivity index (χ1) is 18.7. The first-order valence-corrected chi connectivity index (χ1v) is 12.1. The molecule has 0 aliphatic carbocycles. The summed E-state index contributed by atoms with van der Waals surface area (Å²) in [5.74, 6) is -7.79. The van der Waals surface area contributed by atoms with Crippen LogP contribution in [0.1, 0.15) is 44.1 Å². The van der Waals surface area contributed by atoms with Gasteiger partial charge in [0, 0.05) is 25.7 Å². The number of carbonyl (C=O) groups is 7. The maximum atomic E-state index is 13.2. The largest absolute Gasteiger partial charge is 0.508 e. The topological polar surface area (TPSA) is 289 Å². The molecule has 0 aliphatic heterocycles. The van der Waals surface area contributed by atoms with Crippen molar-refractivity contribution in [2.45, 2.75) is 69.1 Å². The van der Waals surface area contributed by atoms with E-state index in [4.69, 9.17) is 21.7 Å². The monoisotopic (exact) mass is 567 g/mol. The van der Waals surface area contributed by atoms with E-state index in [0.717, 1.165) is 0 Å². The van der Waals surface area contributed by atoms with Crippen LogP contribution in [0.4, 0.5) is 0 Å². The fourth-order valence-electron chi connectivity index (χ4n) is 3.39. The van der Waals surface area contributed by atoms with Gasteiger partial charge in [-0.05, 0) is 37.0 Å². The summed E-state index contributed by atoms with van der Waals surface area (Å²) in [6.07, 6.45) is -2.60. The highest BCUT2D eigenvalue weighted by atomic mass is 16.4. The number of carbonyl (C=O) groups excluding carboxylic acids is 4. The van der Waals surface area contributed by atoms with Crippen molar-refractivity contribution in [3.63, 3.8) is 0 Å². The quantitative estimate of drug-likeness (QED) is 0.0913. The predicted octanol–water partition coefficient (Wildman–Crippen LogP) is -2.20. The molecule has 0 bridgehead atoms. The maximum absolute atomic E-state index is 13.2. The highest BCUT2D eigenvalue weighted by Crippen LogP contribution is 2.12. The van der Waals surface area contributed by atoms with Gasteiger partial charge in [-0.15, -0.1) is 0 Å². The minimum absolute atomic E-state index is 0.0662. The van der Waals surface area contributed by atoms with E-state index in [1.165, 1.54) is 24.3 Å². The molecule has 16 heteroatoms. The highest BCUT2D eigenvalue weighted by Gasteiger charge is 2.31. The number of aromatic hydroxyl groups is 1. The Kier molecular flexibility index (Phi) is 13.6. The van der Waals surface area contributed by atoms with Crippen molar-refractivity contribution >= 4 is 41.5 Å². The third kappa shape index (κ3) is 12.7. The third-order valence-corrected chi connectivity index (χ3v) is 5.59. The molecule has 1 rings (SSSR count). The number of rotatable bonds is 18. The molecule has 0 aliphatic rings. The summed E-state index contributed by atoms with van der Waals surface area (Å²) in [6.45, 7) is 0. The van der Waals surface area contributed by atoms with Crippen LogP contribution < -0.4 is 27.4 Å². The van der Waals surface area contributed by atoms with E-state index < -0.39 is 91.4 Å². The number of amides is 4. The van der Waals surface area contributed by atoms with Crippen LogP contribution in [0.15, 0.2) is 24.3 Å². The van der Waals surface area contributed by atoms with Gasteiger partial charge in [0.1, 0.15) is 23.9 Å². The van der Waals surface area contributed by atoms with Crippen molar-refractivity contribution in [1.29, 1.82) is 0 Å². The Morgan fingerprint density at radius 1 is 0.675 bits per heavy atom. The summed E-state index contributed by atoms with van der Waals surface area (Å²) in [5, 5.41) is 43.5. The van der Waals surface area contributed by atoms with E-state index >= 15 is 0 Å². The van der Waals surface area contributed by atoms with Gasteiger partial charge in [-0.25, -0.2) is 4.79 Å². The number of aliphatic carboxylic acids is 3. The second kappa shape index (κ2) is 16.3. The Hall–Kier alpha value is -4.73. The van der Waals surface area contributed by atoms with Gasteiger partial charge in [-0.2, -0.15) is 0 Å². The van der Waals surface area contributed by atoms with Crippen LogP contribution in [0.2, 0.25) is 0 Å². The molecule has 11 N–H and O–H groups in total. The smallest absolute Gasteiger partial charge is 0.326 e. The first kappa shape index (κ1) is 33.3. The summed E-state index contributed by atoms with van der Waals surface area (Å²) >= 11 is 0. The van der Waals surface area contributed by atoms with Crippen LogP contribution in [-0.2, 0) is 40.0 Å². The Morgan fingerprint density at radius 2 is 1.15 bits per heavy atom. The van der Waals surface area contributed by atoms with Crippen molar-refractivity contribution in [3.05, 3.63) is 29.8 Å². The average molecular weight is 568 g/mol. The Balaban J connectivity index is 3.16. The molecule has 0 spiro atoms. The zero-order valence-electron chi connectivity index (χ0n) is 21.4. The first-order valence-electron chi connectivity index (χ1n) is 12.1. The normalized spacial score (nSPS) is 13.6. The summed E-state index contributed by atoms with van der Waals surface area (Å²) in [7, 11) is 0. The molecule has 4 amide bonds. The molecule has 0 heterocycles. The Bertz CT molecular complexity index is 1090. The van der Waals surface area contributed by atoms with Crippen molar-refractivity contribution in [2.24, 2.45) is 11.5 Å². The molecular formula is C24H33N5O11. The van der Waals surface area contributed by atoms with Gasteiger partial charge in [0.25, 0.3) is 0 Å². The van der Waals surface area contributed by atoms with Gasteiger partial charge < -0.3 is 47.8 Å². The number of hydrogen-bond donors (Lipinski definition) is 9. The van der Waals surface area contributed by atoms with E-state index in [1.54, 1.807) is 0 Å². The van der Waals surface area contributed by atoms with Crippen molar-refractivity contribution in [2.75, 3.05) is 0 Å². The number of primary amides is 1. The zero-order chi connectivity index (χ0) is 30.4. The molecule has 220 valence electrons. The van der Waals surface area contributed by atoms with Crippen LogP contribution in [-0.4, -0.2) is 86.1 Å². The number of carboxylic acid groups (broad SMARTS) is 3. The van der Waals surface area contributed by atoms with E-state index in [-0.39, 0.29) is 25.0 Å². The maximum Gasteiger partial charge on any atom is 0.326 e. The molecule has 0 fully saturated rings. The molecule has 1 aromatic rings. The van der Waals surface area contributed by atoms with Crippen molar-refractivity contribution in [3.8, 4) is 5.75 Å². The van der Waals surface area contributed by atoms with Gasteiger partial charge in [-0.3, -0.25) is 28.8 Å². The molecule has 0 radical (unpaired) electrons. The van der Waals surface area contributed by atoms with Gasteiger partial charge in [-0.1, -0.05) is 12.1 Å². The van der Waals surface area contributed by atoms with Crippen molar-refractivity contribution < 1.29 is 54.0 Å². The molecule has 4 unspecified atom stereocenters. The number of phenolic OH excluding ortho intramolecular Hbond substituents is 1. The van der Waals surface area contributed by atoms with Crippen LogP contribution in [0, 0.1) is 0 Å². The molecule has 1 aromatic carbocycles. The van der Waals surface area contributed by atoms with Crippen LogP contribution in [0.5, 0.6) is 5.75 Å². The van der Waals surface area contributed by atoms with Gasteiger partial charge in [0.2, 0.25) is 23.6 Å². The summed E-state index contributed by atoms with van der Waals surface area (Å²) in [6, 6.07) is -0.222. The van der Waals surface area contributed by atoms with Crippen LogP contribution in [0.3, 0.4) is 0 Å². The molecule has 40 heavy (non-hydrogen) atoms. The number of nitrogens with one attached hydrogen (secondary N) is 3. The number of benzene rings is 1. The second-order valence-corrected chi connectivity index (χ2v) is 8.87. The number of nitrogens with two attached hydrogens (primary N) is 2. The molecule has 4 atom stereocenters. The number of phenols is 1. The van der Waals surface area contributed by atoms with Gasteiger partial charge in [0.15, 0.2) is 0 Å². The fourth-order valence-corrected chi connectivity index (χ4v) is 3.39. The second-order valence-electron chi connectivity index (χ2n) is 8.87. The Morgan fingerprint density at radius 3 is 1.65 bits per heavy atom. The molecule has 0 aromatic heterocycles. The van der Waals surface area contributed by atoms with E-state index in [1.807, 2.05) is 0 Å². The van der Waals surface area contributed by atoms with E-state index in [2.05, 4.69) is 16.0 Å². The average Bonchev–Trinajstić information content (AvgIpc) is 2.87. The summed E-state index contributed by atoms with van der Waals surface area (Å²) < 4.78 is 0. The third-order valence-electron chi connectivity index (χ3n) is 5.59. The molecule has 0 saturated carbocycles. The minimum atomic E-state index is -1.64. The fraction of sp³-hybridized carbons (Fsp3) is 0.458. The standard InChI is InChI=1S/C24H33N5O11/c25-14(5-8-18(26)31)21(36)29-17(11-12-1-3-13(30)4-2-12)23(38)27-15(6-9-19(32)33)22(37)28-16(24(39)40)7-10-20(34)35/h1-4,14-17,30H,5-11,25H2,(H2,26,31)(H,27,38)(H,28,37)(H,29,36)(H,32,33)(H,34,35)(H,39,40). The highest BCUT2D eigenvalue weighted by molar-refractivity contribution is 5.94. The van der Waals surface area contributed by atoms with Crippen LogP contribution >= 0.6 is 0 Å². The Labute approximate surface area is 228 Å². The zero-order valence-corrected chi connectivity index (χ0v) is 21.4. The van der Waals surface area contributed by atoms with E-state index in [9.17, 15) is 43.8 Å². The lowest BCUT2D eigenvalue weighted by Crippen LogP contribution is -2.57. The molecule has 0 saturated heterocycles. The lowest BCUT2D eigenvalue weighted by molar-refractivity contribution is -0.144. The number of carboxylic acids is 3. The van der Waals surface area contributed by atoms with E-state index in [0.29, 0.717) is 5.56 Å². The minimum Gasteiger partial charge on any atom is -0.508 e. The van der Waals surface area contributed by atoms with Crippen molar-refractivity contribution in [1.82, 2.24) is 16.0 Å². The SMILES string of the molecule is NC(=O)CCC(N)C(=O)NC(Cc1ccc(O)cc1)C(=O)NC(CCC(=O)O)C(=O)NC(CCC(=O)O)C(=O)O. The molecule has 16 nitrogen and oxygen atoms in total. The number of hydrogen-bond acceptors (Lipinski definition) is 9. The molecular weight excluding hydrogens is 534 g/mol. The predicted molar refractivity (Wildman–Crippen MR) is 135 cm³/mol. The van der Waals surface area contributed by atoms with Crippen LogP contribution in [0.25, 0.3) is 0 Å². The lowest BCUT2D eigenvalue weighted by Gasteiger charge is -2.25. The summed E-state index contributed by atoms with van der Waals surface area (Å²) in [5.41, 5.74) is 11.3. The van der Waals surface area contributed by atoms with Gasteiger partial charge >= 0.3 is 17.9 Å². The summed E-state index contributed by atoms with van der Waals surface area (Å²) in [4.78, 5) is 83.1. The lowest BCUT2D eigenvalue weighted by atomic mass is 10.0.